The van der Waals surface area contributed by atoms with E-state index in [2.05, 4.69) is 15.0 Å². The van der Waals surface area contributed by atoms with Crippen LogP contribution in [0.1, 0.15) is 5.56 Å². The Morgan fingerprint density at radius 3 is 2.79 bits per heavy atom. The molecule has 0 aliphatic heterocycles. The third-order valence-corrected chi connectivity index (χ3v) is 3.98. The van der Waals surface area contributed by atoms with Crippen LogP contribution in [0.25, 0.3) is 33.5 Å². The third-order valence-electron chi connectivity index (χ3n) is 3.98. The molecule has 0 radical (unpaired) electrons. The van der Waals surface area contributed by atoms with Gasteiger partial charge in [0.2, 0.25) is 0 Å². The predicted octanol–water partition coefficient (Wildman–Crippen LogP) is 3.64. The highest BCUT2D eigenvalue weighted by molar-refractivity contribution is 5.93. The minimum Gasteiger partial charge on any atom is -0.399 e. The first-order valence-corrected chi connectivity index (χ1v) is 7.61. The van der Waals surface area contributed by atoms with Crippen LogP contribution in [-0.4, -0.2) is 19.9 Å². The first-order chi connectivity index (χ1) is 11.7. The topological polar surface area (TPSA) is 77.6 Å². The van der Waals surface area contributed by atoms with E-state index in [9.17, 15) is 0 Å². The normalized spacial score (nSPS) is 10.9. The molecule has 2 aromatic heterocycles. The van der Waals surface area contributed by atoms with Gasteiger partial charge in [-0.1, -0.05) is 18.2 Å². The number of aromatic nitrogens is 4. The summed E-state index contributed by atoms with van der Waals surface area (Å²) >= 11 is 0. The zero-order valence-corrected chi connectivity index (χ0v) is 13.1. The van der Waals surface area contributed by atoms with E-state index in [4.69, 9.17) is 10.7 Å². The second-order valence-corrected chi connectivity index (χ2v) is 5.60. The number of fused-ring (bicyclic) bond motifs is 1. The number of aryl methyl sites for hydroxylation is 1. The molecule has 4 rings (SSSR count). The molecular weight excluding hydrogens is 298 g/mol. The minimum atomic E-state index is 0.658. The number of benzene rings is 2. The van der Waals surface area contributed by atoms with Crippen molar-refractivity contribution in [3.8, 4) is 22.6 Å². The number of rotatable bonds is 2. The van der Waals surface area contributed by atoms with Crippen molar-refractivity contribution >= 4 is 16.6 Å². The summed E-state index contributed by atoms with van der Waals surface area (Å²) < 4.78 is 0. The van der Waals surface area contributed by atoms with Crippen LogP contribution in [0.15, 0.2) is 61.2 Å². The summed E-state index contributed by atoms with van der Waals surface area (Å²) in [5.41, 5.74) is 11.3. The number of anilines is 1. The molecule has 2 N–H and O–H groups in total. The number of nitrogen functional groups attached to an aromatic ring is 1. The van der Waals surface area contributed by atoms with Crippen molar-refractivity contribution in [1.29, 1.82) is 0 Å². The monoisotopic (exact) mass is 313 g/mol. The Balaban J connectivity index is 1.90. The van der Waals surface area contributed by atoms with Gasteiger partial charge in [0.05, 0.1) is 11.2 Å². The van der Waals surface area contributed by atoms with Crippen molar-refractivity contribution in [2.45, 2.75) is 6.92 Å². The summed E-state index contributed by atoms with van der Waals surface area (Å²) in [7, 11) is 0. The van der Waals surface area contributed by atoms with Gasteiger partial charge in [-0.2, -0.15) is 0 Å². The summed E-state index contributed by atoms with van der Waals surface area (Å²) in [4.78, 5) is 17.6. The fourth-order valence-corrected chi connectivity index (χ4v) is 2.75. The van der Waals surface area contributed by atoms with Crippen molar-refractivity contribution in [2.24, 2.45) is 0 Å². The molecule has 0 unspecified atom stereocenters. The molecule has 2 aromatic carbocycles. The lowest BCUT2D eigenvalue weighted by molar-refractivity contribution is 1.17. The molecule has 0 atom stereocenters. The highest BCUT2D eigenvalue weighted by atomic mass is 14.9. The first kappa shape index (κ1) is 14.3. The Kier molecular flexibility index (Phi) is 3.39. The van der Waals surface area contributed by atoms with Crippen LogP contribution >= 0.6 is 0 Å². The lowest BCUT2D eigenvalue weighted by Crippen LogP contribution is -1.96. The Labute approximate surface area is 139 Å². The van der Waals surface area contributed by atoms with Gasteiger partial charge in [-0.3, -0.25) is 0 Å². The summed E-state index contributed by atoms with van der Waals surface area (Å²) in [6.07, 6.45) is 5.13. The van der Waals surface area contributed by atoms with Crippen LogP contribution in [0.5, 0.6) is 0 Å². The van der Waals surface area contributed by atoms with Gasteiger partial charge in [0.15, 0.2) is 5.82 Å². The van der Waals surface area contributed by atoms with E-state index in [0.717, 1.165) is 33.3 Å². The third kappa shape index (κ3) is 2.46. The van der Waals surface area contributed by atoms with Gasteiger partial charge in [0.25, 0.3) is 0 Å². The van der Waals surface area contributed by atoms with E-state index in [-0.39, 0.29) is 0 Å². The highest BCUT2D eigenvalue weighted by Gasteiger charge is 2.10. The maximum absolute atomic E-state index is 5.92. The SMILES string of the molecule is Cc1ccc(N)cc1-c1nccc(-c2cccc3ncncc23)n1. The molecule has 0 saturated carbocycles. The van der Waals surface area contributed by atoms with Gasteiger partial charge >= 0.3 is 0 Å². The van der Waals surface area contributed by atoms with Gasteiger partial charge in [0, 0.05) is 34.6 Å². The molecule has 4 aromatic rings. The average molecular weight is 313 g/mol. The second kappa shape index (κ2) is 5.70. The Morgan fingerprint density at radius 2 is 1.88 bits per heavy atom. The van der Waals surface area contributed by atoms with Crippen molar-refractivity contribution in [1.82, 2.24) is 19.9 Å². The van der Waals surface area contributed by atoms with Crippen LogP contribution in [0.3, 0.4) is 0 Å². The smallest absolute Gasteiger partial charge is 0.160 e. The molecule has 0 spiro atoms. The Morgan fingerprint density at radius 1 is 0.958 bits per heavy atom. The fraction of sp³-hybridized carbons (Fsp3) is 0.0526. The Bertz CT molecular complexity index is 1040. The lowest BCUT2D eigenvalue weighted by atomic mass is 10.0. The molecule has 5 heteroatoms. The first-order valence-electron chi connectivity index (χ1n) is 7.61. The predicted molar refractivity (Wildman–Crippen MR) is 95.1 cm³/mol. The standard InChI is InChI=1S/C19H15N5/c1-12-5-6-13(20)9-15(12)19-22-8-7-18(24-19)14-3-2-4-17-16(14)10-21-11-23-17/h2-11H,20H2,1H3. The molecule has 5 nitrogen and oxygen atoms in total. The van der Waals surface area contributed by atoms with Crippen molar-refractivity contribution in [3.63, 3.8) is 0 Å². The summed E-state index contributed by atoms with van der Waals surface area (Å²) in [6.45, 7) is 2.02. The zero-order valence-electron chi connectivity index (χ0n) is 13.1. The van der Waals surface area contributed by atoms with Crippen LogP contribution in [0.4, 0.5) is 5.69 Å². The molecule has 0 aliphatic rings. The van der Waals surface area contributed by atoms with Crippen molar-refractivity contribution in [3.05, 3.63) is 66.7 Å². The van der Waals surface area contributed by atoms with Gasteiger partial charge in [0.1, 0.15) is 6.33 Å². The maximum atomic E-state index is 5.92. The number of hydrogen-bond acceptors (Lipinski definition) is 5. The molecule has 0 fully saturated rings. The van der Waals surface area contributed by atoms with E-state index < -0.39 is 0 Å². The van der Waals surface area contributed by atoms with E-state index in [1.807, 2.05) is 55.6 Å². The van der Waals surface area contributed by atoms with E-state index in [0.29, 0.717) is 11.5 Å². The molecule has 116 valence electrons. The molecule has 24 heavy (non-hydrogen) atoms. The molecule has 2 heterocycles. The lowest BCUT2D eigenvalue weighted by Gasteiger charge is -2.09. The van der Waals surface area contributed by atoms with E-state index in [1.165, 1.54) is 0 Å². The van der Waals surface area contributed by atoms with E-state index >= 15 is 0 Å². The van der Waals surface area contributed by atoms with Crippen LogP contribution < -0.4 is 5.73 Å². The van der Waals surface area contributed by atoms with Crippen molar-refractivity contribution < 1.29 is 0 Å². The summed E-state index contributed by atoms with van der Waals surface area (Å²) in [5.74, 6) is 0.658. The summed E-state index contributed by atoms with van der Waals surface area (Å²) in [6, 6.07) is 13.6. The number of hydrogen-bond donors (Lipinski definition) is 1. The summed E-state index contributed by atoms with van der Waals surface area (Å²) in [5, 5.41) is 0.967. The van der Waals surface area contributed by atoms with Gasteiger partial charge < -0.3 is 5.73 Å². The van der Waals surface area contributed by atoms with Gasteiger partial charge in [-0.15, -0.1) is 0 Å². The van der Waals surface area contributed by atoms with Crippen LogP contribution in [0.2, 0.25) is 0 Å². The van der Waals surface area contributed by atoms with E-state index in [1.54, 1.807) is 12.5 Å². The highest BCUT2D eigenvalue weighted by Crippen LogP contribution is 2.28. The molecule has 0 bridgehead atoms. The van der Waals surface area contributed by atoms with Crippen molar-refractivity contribution in [2.75, 3.05) is 5.73 Å². The van der Waals surface area contributed by atoms with Gasteiger partial charge in [-0.05, 0) is 36.8 Å². The molecular formula is C19H15N5. The van der Waals surface area contributed by atoms with Gasteiger partial charge in [-0.25, -0.2) is 19.9 Å². The number of nitrogens with zero attached hydrogens (tertiary/aromatic N) is 4. The molecule has 0 aliphatic carbocycles. The minimum absolute atomic E-state index is 0.658. The fourth-order valence-electron chi connectivity index (χ4n) is 2.75. The van der Waals surface area contributed by atoms with Crippen LogP contribution in [0, 0.1) is 6.92 Å². The number of nitrogens with two attached hydrogens (primary N) is 1. The Hall–Kier alpha value is -3.34. The molecule has 0 saturated heterocycles. The zero-order chi connectivity index (χ0) is 16.5. The van der Waals surface area contributed by atoms with Crippen LogP contribution in [-0.2, 0) is 0 Å². The second-order valence-electron chi connectivity index (χ2n) is 5.60. The average Bonchev–Trinajstić information content (AvgIpc) is 2.63. The maximum Gasteiger partial charge on any atom is 0.160 e. The largest absolute Gasteiger partial charge is 0.399 e. The quantitative estimate of drug-likeness (QED) is 0.572. The molecule has 0 amide bonds.